The molecule has 0 spiro atoms. The zero-order valence-corrected chi connectivity index (χ0v) is 55.8. The summed E-state index contributed by atoms with van der Waals surface area (Å²) in [5.74, 6) is 0.616. The third kappa shape index (κ3) is 19.2. The molecule has 87 heavy (non-hydrogen) atoms. The van der Waals surface area contributed by atoms with Crippen LogP contribution in [-0.4, -0.2) is 125 Å². The number of aliphatic imine (C=N–C) groups is 1. The molecule has 2 aromatic heterocycles. The van der Waals surface area contributed by atoms with Gasteiger partial charge in [-0.3, -0.25) is 19.4 Å². The van der Waals surface area contributed by atoms with Crippen molar-refractivity contribution in [2.75, 3.05) is 91.2 Å². The van der Waals surface area contributed by atoms with Crippen LogP contribution in [0, 0.1) is 41.5 Å². The Labute approximate surface area is 519 Å². The Bertz CT molecular complexity index is 3350. The summed E-state index contributed by atoms with van der Waals surface area (Å²) in [7, 11) is 17.4. The van der Waals surface area contributed by atoms with Crippen molar-refractivity contribution in [2.24, 2.45) is 4.99 Å². The van der Waals surface area contributed by atoms with Crippen molar-refractivity contribution in [3.8, 4) is 33.4 Å². The number of aryl methyl sites for hydroxylation is 3. The molecule has 1 aliphatic rings. The molecule has 0 aliphatic carbocycles. The maximum atomic E-state index is 13.2. The number of benzene rings is 6. The van der Waals surface area contributed by atoms with Crippen LogP contribution in [0.15, 0.2) is 160 Å². The van der Waals surface area contributed by atoms with Gasteiger partial charge in [-0.05, 0) is 134 Å². The number of aromatic nitrogens is 2. The molecule has 0 saturated heterocycles. The second-order valence-electron chi connectivity index (χ2n) is 21.5. The van der Waals surface area contributed by atoms with E-state index in [9.17, 15) is 14.4 Å². The number of carbonyl (C=O) groups is 3. The normalized spacial score (nSPS) is 10.8. The molecule has 0 bridgehead atoms. The van der Waals surface area contributed by atoms with E-state index in [4.69, 9.17) is 9.05 Å². The first-order chi connectivity index (χ1) is 41.6. The molecular weight excluding hydrogens is 1080 g/mol. The summed E-state index contributed by atoms with van der Waals surface area (Å²) in [6.45, 7) is 26.3. The molecule has 14 heteroatoms. The van der Waals surface area contributed by atoms with E-state index in [-0.39, 0.29) is 17.7 Å². The first-order valence-corrected chi connectivity index (χ1v) is 30.0. The van der Waals surface area contributed by atoms with Crippen LogP contribution in [0.3, 0.4) is 0 Å². The second-order valence-corrected chi connectivity index (χ2v) is 21.5. The van der Waals surface area contributed by atoms with Crippen molar-refractivity contribution >= 4 is 40.5 Å². The molecule has 3 heterocycles. The predicted molar refractivity (Wildman–Crippen MR) is 364 cm³/mol. The van der Waals surface area contributed by atoms with Gasteiger partial charge in [0.15, 0.2) is 5.76 Å². The smallest absolute Gasteiger partial charge is 0.254 e. The zero-order valence-electron chi connectivity index (χ0n) is 55.8. The number of hydrogen-bond donors (Lipinski definition) is 0. The molecule has 0 saturated carbocycles. The van der Waals surface area contributed by atoms with Crippen LogP contribution in [0.1, 0.15) is 117 Å². The molecule has 0 N–H and O–H groups in total. The maximum Gasteiger partial charge on any atom is 0.254 e. The molecule has 6 aromatic carbocycles. The molecule has 0 unspecified atom stereocenters. The van der Waals surface area contributed by atoms with Crippen LogP contribution in [0.4, 0.5) is 17.1 Å². The monoisotopic (exact) mass is 1180 g/mol. The Balaban J connectivity index is 0.000000267. The number of hydrogen-bond acceptors (Lipinski definition) is 11. The number of carbonyl (C=O) groups excluding carboxylic acids is 3. The largest absolute Gasteiger partial charge is 0.377 e. The van der Waals surface area contributed by atoms with Gasteiger partial charge in [0.1, 0.15) is 6.26 Å². The summed E-state index contributed by atoms with van der Waals surface area (Å²) >= 11 is 0. The Morgan fingerprint density at radius 2 is 0.793 bits per heavy atom. The Kier molecular flexibility index (Phi) is 27.7. The number of amides is 3. The van der Waals surface area contributed by atoms with E-state index in [1.54, 1.807) is 53.5 Å². The van der Waals surface area contributed by atoms with Crippen LogP contribution in [0.5, 0.6) is 0 Å². The minimum Gasteiger partial charge on any atom is -0.377 e. The quantitative estimate of drug-likeness (QED) is 0.0976. The predicted octanol–water partition coefficient (Wildman–Crippen LogP) is 15.8. The molecule has 0 fully saturated rings. The lowest BCUT2D eigenvalue weighted by atomic mass is 9.96. The molecule has 14 nitrogen and oxygen atoms in total. The van der Waals surface area contributed by atoms with E-state index in [1.807, 2.05) is 152 Å². The van der Waals surface area contributed by atoms with Gasteiger partial charge < -0.3 is 38.4 Å². The lowest BCUT2D eigenvalue weighted by Gasteiger charge is -2.23. The minimum atomic E-state index is -0.0408. The summed E-state index contributed by atoms with van der Waals surface area (Å²) in [6.07, 6.45) is 8.78. The molecule has 0 radical (unpaired) electrons. The lowest BCUT2D eigenvalue weighted by Crippen LogP contribution is -2.32. The van der Waals surface area contributed by atoms with E-state index >= 15 is 0 Å². The van der Waals surface area contributed by atoms with Gasteiger partial charge in [-0.25, -0.2) is 0 Å². The SMILES string of the molecule is CC.CC.CC.Cc1ccc(-c2cc(C(=O)N(C)CC3=NCC=C3)c(C)c(N(C)C)c2)cc1.Cc1ccc(-c2cc(C(=O)N(C)Cc3ccno3)c(C)c(N(C)C)c2)cc1.Cc1ccc(-c2cc(C(=O)N(C)Cc3cnoc3)c(C)c(N(C)C)c2)cc1. The van der Waals surface area contributed by atoms with Gasteiger partial charge in [-0.2, -0.15) is 0 Å². The molecule has 0 atom stereocenters. The Morgan fingerprint density at radius 1 is 0.437 bits per heavy atom. The van der Waals surface area contributed by atoms with Crippen molar-refractivity contribution in [2.45, 2.75) is 96.2 Å². The van der Waals surface area contributed by atoms with E-state index in [0.29, 0.717) is 43.1 Å². The Hall–Kier alpha value is -9.04. The third-order valence-corrected chi connectivity index (χ3v) is 14.4. The van der Waals surface area contributed by atoms with Crippen LogP contribution in [0.2, 0.25) is 0 Å². The standard InChI is InChI=1S/C23H27N3O.2C22H25N3O2.3C2H6/c1-16-8-10-18(11-9-16)19-13-21(17(2)22(14-19)25(3)4)23(27)26(5)15-20-7-6-12-24-20;1-15-6-8-18(9-7-15)19-10-20(16(2)21(11-19)24(3)4)22(26)25(5)13-17-12-23-27-14-17;1-15-6-8-17(9-7-15)18-12-20(16(2)21(13-18)24(3)4)22(26)25(5)14-19-10-11-23-27-19;3*1-2/h6-11,13-14H,12,15H2,1-5H3;6-12,14H,13H2,1-5H3;6-13H,14H2,1-5H3;3*1-2H3. The van der Waals surface area contributed by atoms with Gasteiger partial charge in [0.05, 0.1) is 44.3 Å². The van der Waals surface area contributed by atoms with E-state index in [2.05, 4.69) is 132 Å². The average molecular weight is 1180 g/mol. The third-order valence-electron chi connectivity index (χ3n) is 14.4. The zero-order chi connectivity index (χ0) is 64.7. The summed E-state index contributed by atoms with van der Waals surface area (Å²) in [5, 5.41) is 7.41. The first kappa shape index (κ1) is 70.4. The van der Waals surface area contributed by atoms with Crippen LogP contribution >= 0.6 is 0 Å². The van der Waals surface area contributed by atoms with Gasteiger partial charge in [0.2, 0.25) is 0 Å². The fraction of sp³-hybridized carbons (Fsp3) is 0.342. The minimum absolute atomic E-state index is 0.0209. The van der Waals surface area contributed by atoms with E-state index < -0.39 is 0 Å². The highest BCUT2D eigenvalue weighted by atomic mass is 16.5. The van der Waals surface area contributed by atoms with Crippen molar-refractivity contribution in [3.05, 3.63) is 207 Å². The summed E-state index contributed by atoms with van der Waals surface area (Å²) in [6, 6.07) is 39.3. The highest BCUT2D eigenvalue weighted by Crippen LogP contribution is 2.34. The van der Waals surface area contributed by atoms with Crippen molar-refractivity contribution in [3.63, 3.8) is 0 Å². The van der Waals surface area contributed by atoms with Gasteiger partial charge >= 0.3 is 0 Å². The van der Waals surface area contributed by atoms with Crippen molar-refractivity contribution < 1.29 is 23.4 Å². The van der Waals surface area contributed by atoms with Crippen LogP contribution in [0.25, 0.3) is 33.4 Å². The highest BCUT2D eigenvalue weighted by Gasteiger charge is 2.23. The van der Waals surface area contributed by atoms with Crippen molar-refractivity contribution in [1.29, 1.82) is 0 Å². The average Bonchev–Trinajstić information content (AvgIpc) is 2.83. The fourth-order valence-electron chi connectivity index (χ4n) is 9.62. The summed E-state index contributed by atoms with van der Waals surface area (Å²) in [5.41, 5.74) is 20.1. The topological polar surface area (TPSA) is 135 Å². The molecular formula is C73H95N9O5. The lowest BCUT2D eigenvalue weighted by molar-refractivity contribution is 0.0768. The molecule has 462 valence electrons. The summed E-state index contributed by atoms with van der Waals surface area (Å²) in [4.78, 5) is 55.1. The maximum absolute atomic E-state index is 13.2. The Morgan fingerprint density at radius 3 is 1.09 bits per heavy atom. The van der Waals surface area contributed by atoms with Crippen LogP contribution in [-0.2, 0) is 13.1 Å². The van der Waals surface area contributed by atoms with E-state index in [0.717, 1.165) is 84.0 Å². The number of anilines is 3. The van der Waals surface area contributed by atoms with Crippen LogP contribution < -0.4 is 14.7 Å². The number of nitrogens with zero attached hydrogens (tertiary/aromatic N) is 9. The highest BCUT2D eigenvalue weighted by molar-refractivity contribution is 6.04. The van der Waals surface area contributed by atoms with Gasteiger partial charge in [0, 0.05) is 109 Å². The van der Waals surface area contributed by atoms with Crippen molar-refractivity contribution in [1.82, 2.24) is 25.0 Å². The summed E-state index contributed by atoms with van der Waals surface area (Å²) < 4.78 is 10.0. The molecule has 3 amide bonds. The molecule has 1 aliphatic heterocycles. The second kappa shape index (κ2) is 34.2. The van der Waals surface area contributed by atoms with Gasteiger partial charge in [-0.1, -0.05) is 147 Å². The number of rotatable bonds is 15. The fourth-order valence-corrected chi connectivity index (χ4v) is 9.62. The molecule has 9 rings (SSSR count). The van der Waals surface area contributed by atoms with Gasteiger partial charge in [0.25, 0.3) is 17.7 Å². The molecule has 8 aromatic rings. The van der Waals surface area contributed by atoms with E-state index in [1.165, 1.54) is 16.7 Å². The first-order valence-electron chi connectivity index (χ1n) is 30.0. The van der Waals surface area contributed by atoms with Gasteiger partial charge in [-0.15, -0.1) is 0 Å².